The Morgan fingerprint density at radius 2 is 2.12 bits per heavy atom. The van der Waals surface area contributed by atoms with Gasteiger partial charge in [0.15, 0.2) is 9.84 Å². The standard InChI is InChI=1S/C16H18N4O3S/c1-12(19-16(21)8-13-6-7-24(22,23)9-13)14-2-4-15(5-3-14)20-11-17-10-18-20/h2-7,10-13H,8-9H2,1H3,(H,19,21)/t12-,13+/m0/s1. The summed E-state index contributed by atoms with van der Waals surface area (Å²) < 4.78 is 24.4. The highest BCUT2D eigenvalue weighted by atomic mass is 32.2. The summed E-state index contributed by atoms with van der Waals surface area (Å²) in [7, 11) is -3.12. The number of aromatic nitrogens is 3. The molecule has 2 heterocycles. The van der Waals surface area contributed by atoms with E-state index in [-0.39, 0.29) is 30.0 Å². The predicted octanol–water partition coefficient (Wildman–Crippen LogP) is 1.39. The fraction of sp³-hybridized carbons (Fsp3) is 0.312. The second-order valence-corrected chi connectivity index (χ2v) is 7.77. The summed E-state index contributed by atoms with van der Waals surface area (Å²) >= 11 is 0. The van der Waals surface area contributed by atoms with Crippen LogP contribution in [0.3, 0.4) is 0 Å². The van der Waals surface area contributed by atoms with Gasteiger partial charge in [0.25, 0.3) is 0 Å². The predicted molar refractivity (Wildman–Crippen MR) is 89.0 cm³/mol. The normalized spacial score (nSPS) is 20.0. The molecule has 0 saturated carbocycles. The minimum atomic E-state index is -3.12. The number of sulfone groups is 1. The number of benzene rings is 1. The van der Waals surface area contributed by atoms with Gasteiger partial charge in [-0.15, -0.1) is 0 Å². The Morgan fingerprint density at radius 1 is 1.38 bits per heavy atom. The van der Waals surface area contributed by atoms with E-state index in [1.165, 1.54) is 11.7 Å². The Labute approximate surface area is 140 Å². The van der Waals surface area contributed by atoms with E-state index in [2.05, 4.69) is 15.4 Å². The van der Waals surface area contributed by atoms with Crippen molar-refractivity contribution in [1.29, 1.82) is 0 Å². The van der Waals surface area contributed by atoms with Gasteiger partial charge in [-0.05, 0) is 24.6 Å². The smallest absolute Gasteiger partial charge is 0.221 e. The number of allylic oxidation sites excluding steroid dienone is 1. The molecule has 0 spiro atoms. The van der Waals surface area contributed by atoms with E-state index in [1.807, 2.05) is 31.2 Å². The fourth-order valence-electron chi connectivity index (χ4n) is 2.65. The number of nitrogens with one attached hydrogen (secondary N) is 1. The van der Waals surface area contributed by atoms with Gasteiger partial charge in [0.2, 0.25) is 5.91 Å². The molecule has 2 aromatic rings. The molecule has 1 N–H and O–H groups in total. The zero-order valence-electron chi connectivity index (χ0n) is 13.2. The van der Waals surface area contributed by atoms with E-state index in [9.17, 15) is 13.2 Å². The van der Waals surface area contributed by atoms with Crippen molar-refractivity contribution in [2.45, 2.75) is 19.4 Å². The number of hydrogen-bond donors (Lipinski definition) is 1. The Morgan fingerprint density at radius 3 is 2.71 bits per heavy atom. The molecule has 0 bridgehead atoms. The maximum absolute atomic E-state index is 12.1. The molecule has 0 fully saturated rings. The van der Waals surface area contributed by atoms with Crippen molar-refractivity contribution in [3.63, 3.8) is 0 Å². The van der Waals surface area contributed by atoms with Gasteiger partial charge in [-0.25, -0.2) is 18.1 Å². The minimum absolute atomic E-state index is 0.0153. The van der Waals surface area contributed by atoms with Crippen LogP contribution in [0.25, 0.3) is 5.69 Å². The maximum Gasteiger partial charge on any atom is 0.221 e. The Balaban J connectivity index is 1.57. The topological polar surface area (TPSA) is 94.0 Å². The molecule has 1 aromatic heterocycles. The maximum atomic E-state index is 12.1. The molecule has 0 aliphatic carbocycles. The first-order valence-electron chi connectivity index (χ1n) is 7.58. The van der Waals surface area contributed by atoms with Crippen LogP contribution in [0.4, 0.5) is 0 Å². The minimum Gasteiger partial charge on any atom is -0.350 e. The Hall–Kier alpha value is -2.48. The van der Waals surface area contributed by atoms with Crippen molar-refractivity contribution in [3.8, 4) is 5.69 Å². The van der Waals surface area contributed by atoms with Crippen molar-refractivity contribution in [2.24, 2.45) is 5.92 Å². The van der Waals surface area contributed by atoms with Gasteiger partial charge in [-0.3, -0.25) is 4.79 Å². The third-order valence-electron chi connectivity index (χ3n) is 3.91. The molecule has 3 rings (SSSR count). The van der Waals surface area contributed by atoms with E-state index in [4.69, 9.17) is 0 Å². The number of rotatable bonds is 5. The number of carbonyl (C=O) groups is 1. The number of hydrogen-bond acceptors (Lipinski definition) is 5. The molecular formula is C16H18N4O3S. The summed E-state index contributed by atoms with van der Waals surface area (Å²) in [5.41, 5.74) is 1.85. The van der Waals surface area contributed by atoms with E-state index in [0.29, 0.717) is 0 Å². The van der Waals surface area contributed by atoms with E-state index in [0.717, 1.165) is 11.3 Å². The van der Waals surface area contributed by atoms with Gasteiger partial charge in [-0.1, -0.05) is 18.2 Å². The summed E-state index contributed by atoms with van der Waals surface area (Å²) in [5, 5.41) is 8.15. The quantitative estimate of drug-likeness (QED) is 0.883. The van der Waals surface area contributed by atoms with Crippen LogP contribution < -0.4 is 5.32 Å². The third-order valence-corrected chi connectivity index (χ3v) is 5.37. The molecule has 1 amide bonds. The largest absolute Gasteiger partial charge is 0.350 e. The summed E-state index contributed by atoms with van der Waals surface area (Å²) in [6.07, 6.45) is 4.85. The van der Waals surface area contributed by atoms with Crippen molar-refractivity contribution in [2.75, 3.05) is 5.75 Å². The fourth-order valence-corrected chi connectivity index (χ4v) is 4.04. The van der Waals surface area contributed by atoms with Crippen LogP contribution in [0.1, 0.15) is 24.9 Å². The molecule has 8 heteroatoms. The lowest BCUT2D eigenvalue weighted by atomic mass is 10.1. The van der Waals surface area contributed by atoms with Crippen LogP contribution in [0.5, 0.6) is 0 Å². The van der Waals surface area contributed by atoms with E-state index >= 15 is 0 Å². The van der Waals surface area contributed by atoms with Gasteiger partial charge in [0.1, 0.15) is 12.7 Å². The van der Waals surface area contributed by atoms with Crippen LogP contribution in [0, 0.1) is 5.92 Å². The first-order chi connectivity index (χ1) is 11.4. The zero-order valence-corrected chi connectivity index (χ0v) is 14.0. The molecule has 0 unspecified atom stereocenters. The van der Waals surface area contributed by atoms with Gasteiger partial charge < -0.3 is 5.32 Å². The molecule has 126 valence electrons. The van der Waals surface area contributed by atoms with Gasteiger partial charge in [0.05, 0.1) is 17.5 Å². The van der Waals surface area contributed by atoms with Gasteiger partial charge in [0, 0.05) is 17.7 Å². The third kappa shape index (κ3) is 3.88. The average Bonchev–Trinajstić information content (AvgIpc) is 3.17. The van der Waals surface area contributed by atoms with Gasteiger partial charge >= 0.3 is 0 Å². The van der Waals surface area contributed by atoms with Crippen LogP contribution >= 0.6 is 0 Å². The summed E-state index contributed by atoms with van der Waals surface area (Å²) in [6, 6.07) is 7.48. The number of carbonyl (C=O) groups excluding carboxylic acids is 1. The highest BCUT2D eigenvalue weighted by Crippen LogP contribution is 2.20. The molecule has 1 aliphatic rings. The molecule has 1 aromatic carbocycles. The van der Waals surface area contributed by atoms with Gasteiger partial charge in [-0.2, -0.15) is 5.10 Å². The highest BCUT2D eigenvalue weighted by molar-refractivity contribution is 7.94. The second kappa shape index (κ2) is 6.56. The molecule has 7 nitrogen and oxygen atoms in total. The molecule has 2 atom stereocenters. The summed E-state index contributed by atoms with van der Waals surface area (Å²) in [4.78, 5) is 16.0. The van der Waals surface area contributed by atoms with Crippen LogP contribution in [0.2, 0.25) is 0 Å². The van der Waals surface area contributed by atoms with Crippen molar-refractivity contribution in [3.05, 3.63) is 54.0 Å². The van der Waals surface area contributed by atoms with E-state index < -0.39 is 9.84 Å². The average molecular weight is 346 g/mol. The van der Waals surface area contributed by atoms with Crippen molar-refractivity contribution in [1.82, 2.24) is 20.1 Å². The van der Waals surface area contributed by atoms with Crippen LogP contribution in [-0.2, 0) is 14.6 Å². The molecular weight excluding hydrogens is 328 g/mol. The first kappa shape index (κ1) is 16.4. The van der Waals surface area contributed by atoms with Crippen LogP contribution in [-0.4, -0.2) is 34.8 Å². The molecule has 24 heavy (non-hydrogen) atoms. The summed E-state index contributed by atoms with van der Waals surface area (Å²) in [6.45, 7) is 1.89. The molecule has 0 saturated heterocycles. The Kier molecular flexibility index (Phi) is 4.48. The molecule has 0 radical (unpaired) electrons. The van der Waals surface area contributed by atoms with Crippen molar-refractivity contribution >= 4 is 15.7 Å². The zero-order chi connectivity index (χ0) is 17.2. The lowest BCUT2D eigenvalue weighted by Gasteiger charge is -2.16. The molecule has 1 aliphatic heterocycles. The monoisotopic (exact) mass is 346 g/mol. The van der Waals surface area contributed by atoms with E-state index in [1.54, 1.807) is 17.1 Å². The highest BCUT2D eigenvalue weighted by Gasteiger charge is 2.24. The van der Waals surface area contributed by atoms with Crippen LogP contribution in [0.15, 0.2) is 48.4 Å². The lowest BCUT2D eigenvalue weighted by Crippen LogP contribution is -2.28. The number of amides is 1. The lowest BCUT2D eigenvalue weighted by molar-refractivity contribution is -0.122. The first-order valence-corrected chi connectivity index (χ1v) is 9.30. The SMILES string of the molecule is C[C@H](NC(=O)C[C@H]1C=CS(=O)(=O)C1)c1ccc(-n2cncn2)cc1. The van der Waals surface area contributed by atoms with Crippen molar-refractivity contribution < 1.29 is 13.2 Å². The second-order valence-electron chi connectivity index (χ2n) is 5.84. The summed E-state index contributed by atoms with van der Waals surface area (Å²) in [5.74, 6) is -0.381. The Bertz CT molecular complexity index is 842. The number of nitrogens with zero attached hydrogens (tertiary/aromatic N) is 3.